The third kappa shape index (κ3) is 4.37. The van der Waals surface area contributed by atoms with Gasteiger partial charge in [0.15, 0.2) is 11.9 Å². The third-order valence-corrected chi connectivity index (χ3v) is 5.85. The number of benzene rings is 1. The maximum atomic E-state index is 13.7. The summed E-state index contributed by atoms with van der Waals surface area (Å²) in [4.78, 5) is 13.7. The van der Waals surface area contributed by atoms with Crippen LogP contribution in [0.25, 0.3) is 0 Å². The molecule has 0 bridgehead atoms. The molecule has 1 fully saturated rings. The molecular weight excluding hydrogens is 439 g/mol. The summed E-state index contributed by atoms with van der Waals surface area (Å²) in [6.45, 7) is 0. The maximum absolute atomic E-state index is 13.7. The summed E-state index contributed by atoms with van der Waals surface area (Å²) in [5.74, 6) is -0.0240. The first kappa shape index (κ1) is 20.8. The lowest BCUT2D eigenvalue weighted by molar-refractivity contribution is -0.191. The van der Waals surface area contributed by atoms with Crippen molar-refractivity contribution in [1.29, 1.82) is 0 Å². The Morgan fingerprint density at radius 2 is 1.82 bits per heavy atom. The molecule has 10 heteroatoms. The van der Waals surface area contributed by atoms with Crippen molar-refractivity contribution >= 4 is 21.8 Å². The second-order valence-electron chi connectivity index (χ2n) is 7.15. The molecule has 0 N–H and O–H groups in total. The average molecular weight is 460 g/mol. The summed E-state index contributed by atoms with van der Waals surface area (Å²) >= 11 is 3.22. The van der Waals surface area contributed by atoms with E-state index in [4.69, 9.17) is 0 Å². The van der Waals surface area contributed by atoms with Gasteiger partial charge in [0.25, 0.3) is 0 Å². The van der Waals surface area contributed by atoms with Crippen molar-refractivity contribution in [3.63, 3.8) is 0 Å². The van der Waals surface area contributed by atoms with Gasteiger partial charge in [0.1, 0.15) is 0 Å². The van der Waals surface area contributed by atoms with Gasteiger partial charge in [0.05, 0.1) is 0 Å². The molecule has 1 aromatic heterocycles. The fourth-order valence-corrected chi connectivity index (χ4v) is 4.14. The van der Waals surface area contributed by atoms with Crippen molar-refractivity contribution in [2.75, 3.05) is 7.05 Å². The van der Waals surface area contributed by atoms with Gasteiger partial charge in [-0.2, -0.15) is 13.2 Å². The molecule has 152 valence electrons. The summed E-state index contributed by atoms with van der Waals surface area (Å²) in [7, 11) is 2.99. The van der Waals surface area contributed by atoms with Crippen molar-refractivity contribution in [3.8, 4) is 0 Å². The van der Waals surface area contributed by atoms with Crippen LogP contribution in [0.15, 0.2) is 28.7 Å². The molecule has 1 saturated carbocycles. The van der Waals surface area contributed by atoms with E-state index in [2.05, 4.69) is 31.5 Å². The zero-order valence-corrected chi connectivity index (χ0v) is 17.1. The van der Waals surface area contributed by atoms with Crippen LogP contribution in [0.1, 0.15) is 49.0 Å². The molecule has 0 aliphatic heterocycles. The molecule has 1 aliphatic rings. The van der Waals surface area contributed by atoms with Crippen molar-refractivity contribution in [3.05, 3.63) is 40.1 Å². The van der Waals surface area contributed by atoms with Crippen molar-refractivity contribution in [1.82, 2.24) is 25.1 Å². The predicted molar refractivity (Wildman–Crippen MR) is 99.2 cm³/mol. The number of hydrogen-bond donors (Lipinski definition) is 0. The number of alkyl halides is 3. The van der Waals surface area contributed by atoms with Gasteiger partial charge in [-0.05, 0) is 53.8 Å². The molecule has 0 unspecified atom stereocenters. The molecule has 1 atom stereocenters. The second-order valence-corrected chi connectivity index (χ2v) is 8.07. The third-order valence-electron chi connectivity index (χ3n) is 5.33. The Morgan fingerprint density at radius 1 is 1.21 bits per heavy atom. The second kappa shape index (κ2) is 8.18. The lowest BCUT2D eigenvalue weighted by Gasteiger charge is -2.35. The Morgan fingerprint density at radius 3 is 2.32 bits per heavy atom. The number of hydrogen-bond acceptors (Lipinski definition) is 4. The smallest absolute Gasteiger partial charge is 0.330 e. The van der Waals surface area contributed by atoms with E-state index in [-0.39, 0.29) is 11.5 Å². The topological polar surface area (TPSA) is 63.9 Å². The molecule has 1 amide bonds. The molecule has 6 nitrogen and oxygen atoms in total. The first-order chi connectivity index (χ1) is 13.2. The van der Waals surface area contributed by atoms with E-state index in [1.807, 2.05) is 0 Å². The Labute approximate surface area is 169 Å². The molecule has 0 saturated heterocycles. The summed E-state index contributed by atoms with van der Waals surface area (Å²) in [6.07, 6.45) is -2.17. The number of amides is 1. The summed E-state index contributed by atoms with van der Waals surface area (Å²) in [5.41, 5.74) is 0.0467. The van der Waals surface area contributed by atoms with E-state index in [9.17, 15) is 18.0 Å². The molecule has 2 aromatic rings. The van der Waals surface area contributed by atoms with Crippen molar-refractivity contribution < 1.29 is 18.0 Å². The van der Waals surface area contributed by atoms with E-state index in [0.29, 0.717) is 30.2 Å². The summed E-state index contributed by atoms with van der Waals surface area (Å²) in [6, 6.07) is 3.92. The van der Waals surface area contributed by atoms with Gasteiger partial charge < -0.3 is 4.90 Å². The number of halogens is 4. The molecule has 0 radical (unpaired) electrons. The van der Waals surface area contributed by atoms with Gasteiger partial charge in [-0.15, -0.1) is 5.10 Å². The van der Waals surface area contributed by atoms with Crippen molar-refractivity contribution in [2.24, 2.45) is 13.0 Å². The van der Waals surface area contributed by atoms with E-state index in [1.165, 1.54) is 19.2 Å². The Balaban J connectivity index is 1.71. The molecule has 1 aliphatic carbocycles. The number of aryl methyl sites for hydroxylation is 1. The number of rotatable bonds is 4. The monoisotopic (exact) mass is 459 g/mol. The lowest BCUT2D eigenvalue weighted by Crippen LogP contribution is -2.43. The number of carbonyl (C=O) groups excluding carboxylic acids is 1. The number of tetrazole rings is 1. The van der Waals surface area contributed by atoms with E-state index in [1.54, 1.807) is 23.9 Å². The van der Waals surface area contributed by atoms with Crippen LogP contribution in [0.2, 0.25) is 0 Å². The average Bonchev–Trinajstić information content (AvgIpc) is 3.08. The largest absolute Gasteiger partial charge is 0.413 e. The quantitative estimate of drug-likeness (QED) is 0.692. The predicted octanol–water partition coefficient (Wildman–Crippen LogP) is 4.01. The van der Waals surface area contributed by atoms with Crippen LogP contribution in [0, 0.1) is 5.92 Å². The highest BCUT2D eigenvalue weighted by Gasteiger charge is 2.46. The molecule has 1 aromatic carbocycles. The number of carbonyl (C=O) groups is 1. The maximum Gasteiger partial charge on any atom is 0.413 e. The van der Waals surface area contributed by atoms with Crippen LogP contribution in [0.3, 0.4) is 0 Å². The van der Waals surface area contributed by atoms with Crippen LogP contribution in [-0.2, 0) is 11.8 Å². The Kier molecular flexibility index (Phi) is 6.07. The highest BCUT2D eigenvalue weighted by atomic mass is 79.9. The van der Waals surface area contributed by atoms with Gasteiger partial charge in [0.2, 0.25) is 5.91 Å². The highest BCUT2D eigenvalue weighted by Crippen LogP contribution is 2.40. The fraction of sp³-hybridized carbons (Fsp3) is 0.556. The highest BCUT2D eigenvalue weighted by molar-refractivity contribution is 9.10. The SMILES string of the molecule is CN(C(=O)C1CCC(c2nnnn2C)CC1)[C@@H](c1ccc(Br)cc1)C(F)(F)F. The first-order valence-corrected chi connectivity index (χ1v) is 9.79. The van der Waals surface area contributed by atoms with Crippen LogP contribution in [0.5, 0.6) is 0 Å². The van der Waals surface area contributed by atoms with Crippen LogP contribution in [-0.4, -0.2) is 44.2 Å². The standard InChI is InChI=1S/C18H21BrF3N5O/c1-26(15(18(20,21)22)11-7-9-14(19)10-8-11)17(28)13-5-3-12(4-6-13)16-23-24-25-27(16)2/h7-10,12-13,15H,3-6H2,1-2H3/t12?,13?,15-/m0/s1. The van der Waals surface area contributed by atoms with E-state index >= 15 is 0 Å². The summed E-state index contributed by atoms with van der Waals surface area (Å²) in [5, 5.41) is 11.5. The van der Waals surface area contributed by atoms with Gasteiger partial charge >= 0.3 is 6.18 Å². The van der Waals surface area contributed by atoms with Crippen LogP contribution >= 0.6 is 15.9 Å². The zero-order valence-electron chi connectivity index (χ0n) is 15.5. The van der Waals surface area contributed by atoms with Crippen LogP contribution < -0.4 is 0 Å². The number of nitrogens with zero attached hydrogens (tertiary/aromatic N) is 5. The lowest BCUT2D eigenvalue weighted by atomic mass is 9.80. The fourth-order valence-electron chi connectivity index (χ4n) is 3.87. The minimum Gasteiger partial charge on any atom is -0.330 e. The van der Waals surface area contributed by atoms with E-state index in [0.717, 1.165) is 10.7 Å². The number of aromatic nitrogens is 4. The molecule has 0 spiro atoms. The van der Waals surface area contributed by atoms with Gasteiger partial charge in [-0.25, -0.2) is 4.68 Å². The minimum absolute atomic E-state index is 0.0467. The minimum atomic E-state index is -4.56. The summed E-state index contributed by atoms with van der Waals surface area (Å²) < 4.78 is 43.5. The van der Waals surface area contributed by atoms with Gasteiger partial charge in [-0.3, -0.25) is 4.79 Å². The molecule has 1 heterocycles. The van der Waals surface area contributed by atoms with Gasteiger partial charge in [0, 0.05) is 30.4 Å². The van der Waals surface area contributed by atoms with Gasteiger partial charge in [-0.1, -0.05) is 28.1 Å². The van der Waals surface area contributed by atoms with Crippen LogP contribution in [0.4, 0.5) is 13.2 Å². The molecule has 28 heavy (non-hydrogen) atoms. The van der Waals surface area contributed by atoms with Crippen molar-refractivity contribution in [2.45, 2.75) is 43.8 Å². The molecule has 3 rings (SSSR count). The Bertz CT molecular complexity index is 815. The Hall–Kier alpha value is -1.97. The first-order valence-electron chi connectivity index (χ1n) is 8.99. The molecular formula is C18H21BrF3N5O. The zero-order chi connectivity index (χ0) is 20.5. The normalized spacial score (nSPS) is 21.4. The van der Waals surface area contributed by atoms with E-state index < -0.39 is 24.0 Å².